The van der Waals surface area contributed by atoms with E-state index in [0.29, 0.717) is 6.54 Å². The van der Waals surface area contributed by atoms with Crippen molar-refractivity contribution in [2.75, 3.05) is 0 Å². The number of fused-ring (bicyclic) bond motifs is 1. The van der Waals surface area contributed by atoms with Crippen LogP contribution >= 0.6 is 15.9 Å². The lowest BCUT2D eigenvalue weighted by molar-refractivity contribution is 0.644. The topological polar surface area (TPSA) is 43.8 Å². The maximum absolute atomic E-state index is 5.81. The molecule has 2 aromatic rings. The predicted octanol–water partition coefficient (Wildman–Crippen LogP) is 2.72. The third kappa shape index (κ3) is 1.72. The van der Waals surface area contributed by atoms with Gasteiger partial charge >= 0.3 is 0 Å². The highest BCUT2D eigenvalue weighted by Gasteiger charge is 2.22. The zero-order valence-corrected chi connectivity index (χ0v) is 11.1. The van der Waals surface area contributed by atoms with E-state index in [1.165, 1.54) is 23.2 Å². The van der Waals surface area contributed by atoms with Gasteiger partial charge in [-0.1, -0.05) is 34.1 Å². The zero-order chi connectivity index (χ0) is 11.8. The van der Waals surface area contributed by atoms with Gasteiger partial charge in [0.25, 0.3) is 0 Å². The van der Waals surface area contributed by atoms with Gasteiger partial charge in [-0.3, -0.25) is 4.68 Å². The fourth-order valence-corrected chi connectivity index (χ4v) is 2.99. The van der Waals surface area contributed by atoms with Crippen LogP contribution in [0.4, 0.5) is 0 Å². The first-order valence-electron chi connectivity index (χ1n) is 5.85. The molecule has 1 aromatic heterocycles. The molecular formula is C13H14BrN3. The van der Waals surface area contributed by atoms with Crippen molar-refractivity contribution in [2.45, 2.75) is 25.9 Å². The lowest BCUT2D eigenvalue weighted by Crippen LogP contribution is -2.01. The van der Waals surface area contributed by atoms with Crippen LogP contribution in [0, 0.1) is 0 Å². The molecule has 0 spiro atoms. The van der Waals surface area contributed by atoms with Crippen LogP contribution in [0.3, 0.4) is 0 Å². The summed E-state index contributed by atoms with van der Waals surface area (Å²) in [6.45, 7) is 1.52. The Hall–Kier alpha value is -1.13. The van der Waals surface area contributed by atoms with Crippen LogP contribution in [-0.4, -0.2) is 9.78 Å². The van der Waals surface area contributed by atoms with E-state index in [2.05, 4.69) is 43.9 Å². The standard InChI is InChI=1S/C13H14BrN3/c14-10-5-2-1-4-9(10)13-11(8-15)16-17-7-3-6-12(13)17/h1-2,4-5H,3,6-8,15H2. The highest BCUT2D eigenvalue weighted by molar-refractivity contribution is 9.10. The van der Waals surface area contributed by atoms with Crippen LogP contribution in [0.1, 0.15) is 17.8 Å². The summed E-state index contributed by atoms with van der Waals surface area (Å²) in [5, 5.41) is 4.60. The zero-order valence-electron chi connectivity index (χ0n) is 9.49. The van der Waals surface area contributed by atoms with Gasteiger partial charge < -0.3 is 5.73 Å². The van der Waals surface area contributed by atoms with Crippen molar-refractivity contribution < 1.29 is 0 Å². The summed E-state index contributed by atoms with van der Waals surface area (Å²) in [6.07, 6.45) is 2.29. The Morgan fingerprint density at radius 3 is 2.94 bits per heavy atom. The summed E-state index contributed by atoms with van der Waals surface area (Å²) in [5.74, 6) is 0. The summed E-state index contributed by atoms with van der Waals surface area (Å²) in [5.41, 5.74) is 10.6. The molecule has 0 saturated carbocycles. The third-order valence-corrected chi connectivity index (χ3v) is 3.94. The van der Waals surface area contributed by atoms with Crippen molar-refractivity contribution in [2.24, 2.45) is 5.73 Å². The molecule has 1 aliphatic heterocycles. The van der Waals surface area contributed by atoms with Crippen molar-refractivity contribution in [3.05, 3.63) is 40.1 Å². The van der Waals surface area contributed by atoms with Crippen molar-refractivity contribution in [1.82, 2.24) is 9.78 Å². The summed E-state index contributed by atoms with van der Waals surface area (Å²) in [7, 11) is 0. The van der Waals surface area contributed by atoms with E-state index >= 15 is 0 Å². The Labute approximate surface area is 109 Å². The van der Waals surface area contributed by atoms with Crippen LogP contribution in [0.2, 0.25) is 0 Å². The molecule has 17 heavy (non-hydrogen) atoms. The van der Waals surface area contributed by atoms with Gasteiger partial charge in [-0.25, -0.2) is 0 Å². The molecule has 2 heterocycles. The number of nitrogens with zero attached hydrogens (tertiary/aromatic N) is 2. The van der Waals surface area contributed by atoms with Gasteiger partial charge in [-0.15, -0.1) is 0 Å². The van der Waals surface area contributed by atoms with Crippen molar-refractivity contribution in [3.8, 4) is 11.1 Å². The number of aromatic nitrogens is 2. The first-order chi connectivity index (χ1) is 8.31. The van der Waals surface area contributed by atoms with Gasteiger partial charge in [0.2, 0.25) is 0 Å². The van der Waals surface area contributed by atoms with E-state index in [0.717, 1.165) is 23.1 Å². The summed E-state index contributed by atoms with van der Waals surface area (Å²) < 4.78 is 3.22. The Kier molecular flexibility index (Phi) is 2.76. The molecule has 0 fully saturated rings. The molecule has 4 heteroatoms. The van der Waals surface area contributed by atoms with Gasteiger partial charge in [0.15, 0.2) is 0 Å². The quantitative estimate of drug-likeness (QED) is 0.925. The van der Waals surface area contributed by atoms with Crippen LogP contribution < -0.4 is 5.73 Å². The number of benzene rings is 1. The van der Waals surface area contributed by atoms with Gasteiger partial charge in [0.1, 0.15) is 0 Å². The lowest BCUT2D eigenvalue weighted by Gasteiger charge is -2.06. The molecule has 88 valence electrons. The van der Waals surface area contributed by atoms with E-state index in [1.807, 2.05) is 6.07 Å². The number of hydrogen-bond acceptors (Lipinski definition) is 2. The summed E-state index contributed by atoms with van der Waals surface area (Å²) in [4.78, 5) is 0. The fraction of sp³-hybridized carbons (Fsp3) is 0.308. The van der Waals surface area contributed by atoms with Gasteiger partial charge in [-0.05, 0) is 24.5 Å². The Morgan fingerprint density at radius 1 is 1.35 bits per heavy atom. The molecule has 1 aliphatic rings. The van der Waals surface area contributed by atoms with Crippen LogP contribution in [0.25, 0.3) is 11.1 Å². The molecule has 0 bridgehead atoms. The number of aryl methyl sites for hydroxylation is 1. The molecule has 3 rings (SSSR count). The molecule has 0 amide bonds. The molecule has 0 saturated heterocycles. The second kappa shape index (κ2) is 4.27. The highest BCUT2D eigenvalue weighted by Crippen LogP contribution is 2.35. The minimum atomic E-state index is 0.497. The smallest absolute Gasteiger partial charge is 0.0841 e. The van der Waals surface area contributed by atoms with Gasteiger partial charge in [-0.2, -0.15) is 5.10 Å². The monoisotopic (exact) mass is 291 g/mol. The lowest BCUT2D eigenvalue weighted by atomic mass is 10.0. The SMILES string of the molecule is NCc1nn2c(c1-c1ccccc1Br)CCC2. The first-order valence-corrected chi connectivity index (χ1v) is 6.64. The van der Waals surface area contributed by atoms with Crippen LogP contribution in [0.15, 0.2) is 28.7 Å². The molecule has 3 nitrogen and oxygen atoms in total. The van der Waals surface area contributed by atoms with Crippen LogP contribution in [-0.2, 0) is 19.5 Å². The molecule has 0 atom stereocenters. The van der Waals surface area contributed by atoms with Crippen molar-refractivity contribution >= 4 is 15.9 Å². The molecule has 1 aromatic carbocycles. The average molecular weight is 292 g/mol. The minimum Gasteiger partial charge on any atom is -0.325 e. The Bertz CT molecular complexity index is 560. The summed E-state index contributed by atoms with van der Waals surface area (Å²) in [6, 6.07) is 8.27. The second-order valence-corrected chi connectivity index (χ2v) is 5.13. The van der Waals surface area contributed by atoms with Gasteiger partial charge in [0.05, 0.1) is 5.69 Å². The third-order valence-electron chi connectivity index (χ3n) is 3.25. The molecule has 0 unspecified atom stereocenters. The van der Waals surface area contributed by atoms with Crippen LogP contribution in [0.5, 0.6) is 0 Å². The second-order valence-electron chi connectivity index (χ2n) is 4.28. The minimum absolute atomic E-state index is 0.497. The van der Waals surface area contributed by atoms with Gasteiger partial charge in [0, 0.05) is 28.8 Å². The number of halogens is 1. The molecule has 2 N–H and O–H groups in total. The summed E-state index contributed by atoms with van der Waals surface area (Å²) >= 11 is 3.61. The normalized spacial score (nSPS) is 14.0. The van der Waals surface area contributed by atoms with Crippen molar-refractivity contribution in [1.29, 1.82) is 0 Å². The fourth-order valence-electron chi connectivity index (χ4n) is 2.50. The molecular weight excluding hydrogens is 278 g/mol. The Balaban J connectivity index is 2.23. The number of rotatable bonds is 2. The first kappa shape index (κ1) is 11.0. The van der Waals surface area contributed by atoms with Crippen molar-refractivity contribution in [3.63, 3.8) is 0 Å². The highest BCUT2D eigenvalue weighted by atomic mass is 79.9. The average Bonchev–Trinajstić information content (AvgIpc) is 2.89. The predicted molar refractivity (Wildman–Crippen MR) is 71.6 cm³/mol. The Morgan fingerprint density at radius 2 is 2.18 bits per heavy atom. The van der Waals surface area contributed by atoms with E-state index in [9.17, 15) is 0 Å². The maximum atomic E-state index is 5.81. The largest absolute Gasteiger partial charge is 0.325 e. The van der Waals surface area contributed by atoms with E-state index in [-0.39, 0.29) is 0 Å². The number of nitrogens with two attached hydrogens (primary N) is 1. The maximum Gasteiger partial charge on any atom is 0.0841 e. The van der Waals surface area contributed by atoms with E-state index in [1.54, 1.807) is 0 Å². The van der Waals surface area contributed by atoms with E-state index in [4.69, 9.17) is 5.73 Å². The number of hydrogen-bond donors (Lipinski definition) is 1. The van der Waals surface area contributed by atoms with E-state index < -0.39 is 0 Å². The molecule has 0 aliphatic carbocycles. The molecule has 0 radical (unpaired) electrons.